The molecule has 1 aromatic carbocycles. The van der Waals surface area contributed by atoms with Gasteiger partial charge in [0, 0.05) is 16.5 Å². The van der Waals surface area contributed by atoms with E-state index >= 15 is 0 Å². The Bertz CT molecular complexity index is 646. The summed E-state index contributed by atoms with van der Waals surface area (Å²) in [5, 5.41) is 2.30. The molecule has 0 aromatic heterocycles. The molecule has 2 aliphatic rings. The van der Waals surface area contributed by atoms with Gasteiger partial charge in [-0.1, -0.05) is 18.2 Å². The Morgan fingerprint density at radius 1 is 1.12 bits per heavy atom. The van der Waals surface area contributed by atoms with Gasteiger partial charge in [0.1, 0.15) is 0 Å². The van der Waals surface area contributed by atoms with Crippen molar-refractivity contribution in [2.24, 2.45) is 9.98 Å². The van der Waals surface area contributed by atoms with Gasteiger partial charge in [-0.25, -0.2) is 4.99 Å². The van der Waals surface area contributed by atoms with Crippen LogP contribution in [0.25, 0.3) is 5.57 Å². The maximum atomic E-state index is 4.70. The van der Waals surface area contributed by atoms with E-state index in [1.807, 2.05) is 13.0 Å². The first kappa shape index (κ1) is 9.52. The number of fused-ring (bicyclic) bond motifs is 2. The fraction of sp³-hybridized carbons (Fsp3) is 0.286. The molecule has 0 bridgehead atoms. The summed E-state index contributed by atoms with van der Waals surface area (Å²) in [6.07, 6.45) is 2.07. The number of aliphatic imine (C=N–C) groups is 1. The summed E-state index contributed by atoms with van der Waals surface area (Å²) >= 11 is 0. The predicted molar refractivity (Wildman–Crippen MR) is 65.9 cm³/mol. The van der Waals surface area contributed by atoms with Crippen LogP contribution in [0.3, 0.4) is 0 Å². The summed E-state index contributed by atoms with van der Waals surface area (Å²) in [6.45, 7) is 6.33. The summed E-state index contributed by atoms with van der Waals surface area (Å²) in [5.74, 6) is 0. The summed E-state index contributed by atoms with van der Waals surface area (Å²) < 4.78 is 0. The summed E-state index contributed by atoms with van der Waals surface area (Å²) in [7, 11) is 0. The molecule has 2 heterocycles. The predicted octanol–water partition coefficient (Wildman–Crippen LogP) is 1.61. The molecule has 2 aliphatic heterocycles. The minimum atomic E-state index is -0.162. The van der Waals surface area contributed by atoms with E-state index in [1.165, 1.54) is 10.8 Å². The zero-order chi connectivity index (χ0) is 11.3. The second kappa shape index (κ2) is 2.91. The van der Waals surface area contributed by atoms with Crippen LogP contribution in [0, 0.1) is 0 Å². The second-order valence-electron chi connectivity index (χ2n) is 4.85. The molecule has 0 atom stereocenters. The van der Waals surface area contributed by atoms with Gasteiger partial charge < -0.3 is 0 Å². The molecule has 16 heavy (non-hydrogen) atoms. The van der Waals surface area contributed by atoms with Crippen LogP contribution < -0.4 is 10.6 Å². The number of hydrogen-bond acceptors (Lipinski definition) is 2. The highest BCUT2D eigenvalue weighted by molar-refractivity contribution is 6.00. The van der Waals surface area contributed by atoms with Crippen LogP contribution in [0.5, 0.6) is 0 Å². The van der Waals surface area contributed by atoms with Crippen molar-refractivity contribution in [3.8, 4) is 0 Å². The molecule has 0 N–H and O–H groups in total. The molecule has 1 aromatic rings. The van der Waals surface area contributed by atoms with Gasteiger partial charge in [-0.15, -0.1) is 0 Å². The van der Waals surface area contributed by atoms with Gasteiger partial charge in [-0.3, -0.25) is 4.99 Å². The minimum absolute atomic E-state index is 0.162. The number of benzene rings is 1. The average Bonchev–Trinajstić information content (AvgIpc) is 2.53. The second-order valence-corrected chi connectivity index (χ2v) is 4.85. The third-order valence-electron chi connectivity index (χ3n) is 3.08. The van der Waals surface area contributed by atoms with Crippen molar-refractivity contribution in [1.29, 1.82) is 0 Å². The van der Waals surface area contributed by atoms with Gasteiger partial charge in [-0.05, 0) is 32.9 Å². The molecule has 3 rings (SSSR count). The Morgan fingerprint density at radius 3 is 2.69 bits per heavy atom. The average molecular weight is 210 g/mol. The third-order valence-corrected chi connectivity index (χ3v) is 3.08. The maximum Gasteiger partial charge on any atom is 0.0831 e. The zero-order valence-electron chi connectivity index (χ0n) is 9.78. The molecule has 0 fully saturated rings. The number of para-hydroxylation sites is 1. The lowest BCUT2D eigenvalue weighted by molar-refractivity contribution is 0.670. The fourth-order valence-corrected chi connectivity index (χ4v) is 2.58. The Hall–Kier alpha value is -1.70. The molecule has 2 nitrogen and oxygen atoms in total. The van der Waals surface area contributed by atoms with E-state index in [0.29, 0.717) is 0 Å². The zero-order valence-corrected chi connectivity index (χ0v) is 9.78. The summed E-state index contributed by atoms with van der Waals surface area (Å²) in [4.78, 5) is 9.36. The summed E-state index contributed by atoms with van der Waals surface area (Å²) in [6, 6.07) is 8.28. The first-order valence-corrected chi connectivity index (χ1v) is 5.55. The molecule has 0 saturated heterocycles. The van der Waals surface area contributed by atoms with Gasteiger partial charge in [0.2, 0.25) is 0 Å². The van der Waals surface area contributed by atoms with Crippen molar-refractivity contribution < 1.29 is 0 Å². The van der Waals surface area contributed by atoms with Gasteiger partial charge in [0.25, 0.3) is 0 Å². The Morgan fingerprint density at radius 2 is 1.88 bits per heavy atom. The van der Waals surface area contributed by atoms with Gasteiger partial charge in [0.15, 0.2) is 0 Å². The topological polar surface area (TPSA) is 24.7 Å². The number of nitrogens with zero attached hydrogens (tertiary/aromatic N) is 2. The molecule has 0 unspecified atom stereocenters. The van der Waals surface area contributed by atoms with E-state index < -0.39 is 0 Å². The van der Waals surface area contributed by atoms with Crippen molar-refractivity contribution in [3.05, 3.63) is 46.6 Å². The first-order chi connectivity index (χ1) is 7.58. The molecule has 0 saturated carbocycles. The lowest BCUT2D eigenvalue weighted by Gasteiger charge is -2.26. The van der Waals surface area contributed by atoms with Crippen LogP contribution in [0.2, 0.25) is 0 Å². The van der Waals surface area contributed by atoms with Crippen molar-refractivity contribution >= 4 is 11.3 Å². The number of allylic oxidation sites excluding steroid dienone is 1. The van der Waals surface area contributed by atoms with E-state index in [9.17, 15) is 0 Å². The molecule has 0 aliphatic carbocycles. The minimum Gasteiger partial charge on any atom is -0.279 e. The van der Waals surface area contributed by atoms with Crippen LogP contribution in [-0.4, -0.2) is 11.3 Å². The van der Waals surface area contributed by atoms with E-state index in [-0.39, 0.29) is 5.54 Å². The van der Waals surface area contributed by atoms with Gasteiger partial charge in [0.05, 0.1) is 16.6 Å². The highest BCUT2D eigenvalue weighted by Gasteiger charge is 2.31. The van der Waals surface area contributed by atoms with E-state index in [0.717, 1.165) is 16.8 Å². The van der Waals surface area contributed by atoms with Crippen LogP contribution in [0.1, 0.15) is 20.8 Å². The van der Waals surface area contributed by atoms with Crippen molar-refractivity contribution in [1.82, 2.24) is 0 Å². The quantitative estimate of drug-likeness (QED) is 0.621. The van der Waals surface area contributed by atoms with Crippen LogP contribution in [0.15, 0.2) is 46.0 Å². The highest BCUT2D eigenvalue weighted by Crippen LogP contribution is 2.33. The molecule has 0 spiro atoms. The molecule has 0 amide bonds. The SMILES string of the molecule is CC1=NC(C)(C)C2=c3ccccc3=NC2=C1. The monoisotopic (exact) mass is 210 g/mol. The Kier molecular flexibility index (Phi) is 1.73. The highest BCUT2D eigenvalue weighted by atomic mass is 14.9. The van der Waals surface area contributed by atoms with Gasteiger partial charge in [-0.2, -0.15) is 0 Å². The maximum absolute atomic E-state index is 4.70. The number of hydrogen-bond donors (Lipinski definition) is 0. The smallest absolute Gasteiger partial charge is 0.0831 e. The number of dihydropyridines is 1. The standard InChI is InChI=1S/C14H14N2/c1-9-8-12-13(14(2,3)16-9)10-6-4-5-7-11(10)15-12/h4-8H,1-3H3. The third kappa shape index (κ3) is 1.19. The normalized spacial score (nSPS) is 20.6. The van der Waals surface area contributed by atoms with Crippen LogP contribution >= 0.6 is 0 Å². The van der Waals surface area contributed by atoms with E-state index in [4.69, 9.17) is 4.99 Å². The Labute approximate surface area is 94.8 Å². The molecule has 80 valence electrons. The van der Waals surface area contributed by atoms with Crippen LogP contribution in [0.4, 0.5) is 0 Å². The molecular weight excluding hydrogens is 196 g/mol. The van der Waals surface area contributed by atoms with Crippen molar-refractivity contribution in [2.45, 2.75) is 26.3 Å². The van der Waals surface area contributed by atoms with E-state index in [2.05, 4.69) is 43.1 Å². The molecule has 0 radical (unpaired) electrons. The van der Waals surface area contributed by atoms with Crippen molar-refractivity contribution in [2.75, 3.05) is 0 Å². The summed E-state index contributed by atoms with van der Waals surface area (Å²) in [5.41, 5.74) is 3.23. The van der Waals surface area contributed by atoms with Gasteiger partial charge >= 0.3 is 0 Å². The fourth-order valence-electron chi connectivity index (χ4n) is 2.58. The Balaban J connectivity index is 2.44. The lowest BCUT2D eigenvalue weighted by Crippen LogP contribution is -2.32. The van der Waals surface area contributed by atoms with Crippen molar-refractivity contribution in [3.63, 3.8) is 0 Å². The number of rotatable bonds is 0. The molecule has 2 heteroatoms. The van der Waals surface area contributed by atoms with Crippen LogP contribution in [-0.2, 0) is 0 Å². The largest absolute Gasteiger partial charge is 0.279 e. The first-order valence-electron chi connectivity index (χ1n) is 5.55. The lowest BCUT2D eigenvalue weighted by atomic mass is 9.88. The van der Waals surface area contributed by atoms with E-state index in [1.54, 1.807) is 0 Å². The molecular formula is C14H14N2.